The van der Waals surface area contributed by atoms with E-state index < -0.39 is 17.6 Å². The van der Waals surface area contributed by atoms with E-state index in [4.69, 9.17) is 16.3 Å². The molecule has 6 nitrogen and oxygen atoms in total. The van der Waals surface area contributed by atoms with Gasteiger partial charge in [0.1, 0.15) is 11.4 Å². The second-order valence-corrected chi connectivity index (χ2v) is 5.81. The number of carbonyl (C=O) groups is 2. The zero-order valence-corrected chi connectivity index (χ0v) is 14.4. The summed E-state index contributed by atoms with van der Waals surface area (Å²) in [7, 11) is 0. The maximum Gasteiger partial charge on any atom is 0.282 e. The van der Waals surface area contributed by atoms with Crippen LogP contribution in [0.2, 0.25) is 5.02 Å². The lowest BCUT2D eigenvalue weighted by molar-refractivity contribution is -0.117. The summed E-state index contributed by atoms with van der Waals surface area (Å²) in [5.41, 5.74) is 3.03. The molecule has 2 aromatic carbocycles. The summed E-state index contributed by atoms with van der Waals surface area (Å²) < 4.78 is 18.3. The van der Waals surface area contributed by atoms with E-state index in [1.54, 1.807) is 6.92 Å². The third-order valence-corrected chi connectivity index (χ3v) is 3.93. The Bertz CT molecular complexity index is 912. The Hall–Kier alpha value is -3.06. The highest BCUT2D eigenvalue weighted by Gasteiger charge is 2.34. The van der Waals surface area contributed by atoms with Crippen LogP contribution in [0.4, 0.5) is 10.1 Å². The van der Waals surface area contributed by atoms with Gasteiger partial charge in [0.15, 0.2) is 11.5 Å². The summed E-state index contributed by atoms with van der Waals surface area (Å²) in [6.45, 7) is 2.05. The Morgan fingerprint density at radius 2 is 1.96 bits per heavy atom. The van der Waals surface area contributed by atoms with E-state index in [1.165, 1.54) is 42.5 Å². The van der Waals surface area contributed by atoms with Gasteiger partial charge in [0.2, 0.25) is 0 Å². The number of rotatable bonds is 4. The van der Waals surface area contributed by atoms with Gasteiger partial charge in [-0.05, 0) is 55.0 Å². The topological polar surface area (TPSA) is 78.9 Å². The second-order valence-electron chi connectivity index (χ2n) is 5.40. The number of aromatic hydroxyl groups is 1. The summed E-state index contributed by atoms with van der Waals surface area (Å²) in [5, 5.41) is 10.9. The van der Waals surface area contributed by atoms with Crippen LogP contribution >= 0.6 is 11.6 Å². The van der Waals surface area contributed by atoms with Crippen LogP contribution < -0.4 is 15.2 Å². The highest BCUT2D eigenvalue weighted by molar-refractivity contribution is 6.33. The number of phenolic OH excluding ortho intramolecular Hbond substituents is 1. The quantitative estimate of drug-likeness (QED) is 0.635. The minimum Gasteiger partial charge on any atom is -0.503 e. The van der Waals surface area contributed by atoms with Crippen molar-refractivity contribution in [3.63, 3.8) is 0 Å². The summed E-state index contributed by atoms with van der Waals surface area (Å²) >= 11 is 5.96. The van der Waals surface area contributed by atoms with Gasteiger partial charge in [-0.3, -0.25) is 15.0 Å². The van der Waals surface area contributed by atoms with Crippen LogP contribution in [0.15, 0.2) is 42.0 Å². The molecule has 0 bridgehead atoms. The lowest BCUT2D eigenvalue weighted by atomic mass is 10.1. The minimum absolute atomic E-state index is 0.0315. The number of hydrogen-bond donors (Lipinski definition) is 2. The van der Waals surface area contributed by atoms with Crippen LogP contribution in [-0.2, 0) is 9.59 Å². The van der Waals surface area contributed by atoms with Gasteiger partial charge < -0.3 is 9.84 Å². The standard InChI is InChI=1S/C18H14ClFN2O4/c1-2-26-15-9-10(8-14(19)16(15)23)7-13-17(24)21-22(18(13)25)12-5-3-11(20)4-6-12/h3-9,23H,2H2,1H3,(H,21,24). The van der Waals surface area contributed by atoms with Crippen molar-refractivity contribution in [3.8, 4) is 11.5 Å². The van der Waals surface area contributed by atoms with E-state index in [-0.39, 0.29) is 22.1 Å². The van der Waals surface area contributed by atoms with Crippen molar-refractivity contribution in [1.29, 1.82) is 0 Å². The number of halogens is 2. The van der Waals surface area contributed by atoms with Crippen LogP contribution in [0.25, 0.3) is 6.08 Å². The zero-order valence-electron chi connectivity index (χ0n) is 13.6. The van der Waals surface area contributed by atoms with E-state index in [0.29, 0.717) is 17.9 Å². The molecule has 0 atom stereocenters. The van der Waals surface area contributed by atoms with Crippen molar-refractivity contribution in [2.45, 2.75) is 6.92 Å². The number of ether oxygens (including phenoxy) is 1. The van der Waals surface area contributed by atoms with Crippen molar-refractivity contribution in [2.24, 2.45) is 0 Å². The van der Waals surface area contributed by atoms with Crippen molar-refractivity contribution in [2.75, 3.05) is 11.6 Å². The number of nitrogens with one attached hydrogen (secondary N) is 1. The van der Waals surface area contributed by atoms with E-state index >= 15 is 0 Å². The van der Waals surface area contributed by atoms with Crippen molar-refractivity contribution < 1.29 is 23.8 Å². The molecule has 2 amide bonds. The molecule has 2 N–H and O–H groups in total. The van der Waals surface area contributed by atoms with Gasteiger partial charge in [-0.15, -0.1) is 0 Å². The number of nitrogens with zero attached hydrogens (tertiary/aromatic N) is 1. The van der Waals surface area contributed by atoms with E-state index in [1.807, 2.05) is 0 Å². The summed E-state index contributed by atoms with van der Waals surface area (Å²) in [6.07, 6.45) is 1.34. The third-order valence-electron chi connectivity index (χ3n) is 3.64. The van der Waals surface area contributed by atoms with E-state index in [0.717, 1.165) is 5.01 Å². The zero-order chi connectivity index (χ0) is 18.8. The first-order valence-corrected chi connectivity index (χ1v) is 8.06. The maximum absolute atomic E-state index is 13.0. The molecular weight excluding hydrogens is 363 g/mol. The molecule has 1 aliphatic rings. The molecule has 0 aliphatic carbocycles. The van der Waals surface area contributed by atoms with Crippen LogP contribution in [0, 0.1) is 5.82 Å². The first-order valence-electron chi connectivity index (χ1n) is 7.68. The monoisotopic (exact) mass is 376 g/mol. The molecule has 0 spiro atoms. The molecule has 1 fully saturated rings. The summed E-state index contributed by atoms with van der Waals surface area (Å²) in [4.78, 5) is 24.7. The fourth-order valence-corrected chi connectivity index (χ4v) is 2.66. The molecule has 1 saturated heterocycles. The molecule has 0 unspecified atom stereocenters. The molecule has 2 aromatic rings. The molecule has 0 aromatic heterocycles. The number of phenols is 1. The van der Waals surface area contributed by atoms with Crippen molar-refractivity contribution >= 4 is 35.2 Å². The van der Waals surface area contributed by atoms with Crippen LogP contribution in [0.5, 0.6) is 11.5 Å². The number of benzene rings is 2. The molecular formula is C18H14ClFN2O4. The van der Waals surface area contributed by atoms with Gasteiger partial charge in [-0.25, -0.2) is 9.40 Å². The number of anilines is 1. The highest BCUT2D eigenvalue weighted by Crippen LogP contribution is 2.36. The predicted octanol–water partition coefficient (Wildman–Crippen LogP) is 3.04. The van der Waals surface area contributed by atoms with Gasteiger partial charge in [-0.2, -0.15) is 0 Å². The molecule has 26 heavy (non-hydrogen) atoms. The van der Waals surface area contributed by atoms with Gasteiger partial charge in [0.05, 0.1) is 17.3 Å². The fraction of sp³-hybridized carbons (Fsp3) is 0.111. The summed E-state index contributed by atoms with van der Waals surface area (Å²) in [6, 6.07) is 8.00. The Morgan fingerprint density at radius 3 is 2.62 bits per heavy atom. The first kappa shape index (κ1) is 17.8. The number of carbonyl (C=O) groups excluding carboxylic acids is 2. The fourth-order valence-electron chi connectivity index (χ4n) is 2.44. The van der Waals surface area contributed by atoms with Gasteiger partial charge in [-0.1, -0.05) is 11.6 Å². The Morgan fingerprint density at radius 1 is 1.27 bits per heavy atom. The SMILES string of the molecule is CCOc1cc(C=C2C(=O)NN(c3ccc(F)cc3)C2=O)cc(Cl)c1O. The Kier molecular flexibility index (Phi) is 4.81. The Labute approximate surface area is 153 Å². The molecule has 1 heterocycles. The molecule has 0 saturated carbocycles. The van der Waals surface area contributed by atoms with Gasteiger partial charge in [0, 0.05) is 0 Å². The normalized spacial score (nSPS) is 15.5. The first-order chi connectivity index (χ1) is 12.4. The Balaban J connectivity index is 1.95. The molecule has 3 rings (SSSR count). The summed E-state index contributed by atoms with van der Waals surface area (Å²) in [5.74, 6) is -1.73. The highest BCUT2D eigenvalue weighted by atomic mass is 35.5. The van der Waals surface area contributed by atoms with E-state index in [2.05, 4.69) is 5.43 Å². The number of amides is 2. The largest absolute Gasteiger partial charge is 0.503 e. The minimum atomic E-state index is -0.610. The average Bonchev–Trinajstić information content (AvgIpc) is 2.88. The average molecular weight is 377 g/mol. The molecule has 8 heteroatoms. The van der Waals surface area contributed by atoms with Gasteiger partial charge in [0.25, 0.3) is 11.8 Å². The number of hydrazine groups is 1. The van der Waals surface area contributed by atoms with Crippen molar-refractivity contribution in [1.82, 2.24) is 5.43 Å². The molecule has 0 radical (unpaired) electrons. The smallest absolute Gasteiger partial charge is 0.282 e. The van der Waals surface area contributed by atoms with Crippen molar-refractivity contribution in [3.05, 3.63) is 58.4 Å². The van der Waals surface area contributed by atoms with Crippen LogP contribution in [0.3, 0.4) is 0 Å². The third kappa shape index (κ3) is 3.34. The van der Waals surface area contributed by atoms with Crippen LogP contribution in [-0.4, -0.2) is 23.5 Å². The predicted molar refractivity (Wildman–Crippen MR) is 94.3 cm³/mol. The number of hydrogen-bond acceptors (Lipinski definition) is 4. The molecule has 134 valence electrons. The van der Waals surface area contributed by atoms with Gasteiger partial charge >= 0.3 is 0 Å². The molecule has 1 aliphatic heterocycles. The maximum atomic E-state index is 13.0. The van der Waals surface area contributed by atoms with Crippen LogP contribution in [0.1, 0.15) is 12.5 Å². The second kappa shape index (κ2) is 7.05. The lowest BCUT2D eigenvalue weighted by Gasteiger charge is -2.14. The van der Waals surface area contributed by atoms with E-state index in [9.17, 15) is 19.1 Å². The lowest BCUT2D eigenvalue weighted by Crippen LogP contribution is -2.35.